The van der Waals surface area contributed by atoms with E-state index in [1.54, 1.807) is 32.9 Å². The molecule has 10 nitrogen and oxygen atoms in total. The summed E-state index contributed by atoms with van der Waals surface area (Å²) in [4.78, 5) is 60.5. The molecule has 2 aromatic rings. The molecule has 0 spiro atoms. The first kappa shape index (κ1) is 38.2. The first-order chi connectivity index (χ1) is 21.4. The maximum Gasteiger partial charge on any atom is 0.382 e. The Morgan fingerprint density at radius 2 is 1.36 bits per heavy atom. The van der Waals surface area contributed by atoms with E-state index in [1.165, 1.54) is 58.1 Å². The van der Waals surface area contributed by atoms with Gasteiger partial charge >= 0.3 is 11.4 Å². The summed E-state index contributed by atoms with van der Waals surface area (Å²) in [7, 11) is 1.36. The summed E-state index contributed by atoms with van der Waals surface area (Å²) < 4.78 is 7.63. The number of amides is 1. The van der Waals surface area contributed by atoms with Crippen LogP contribution in [0.1, 0.15) is 131 Å². The van der Waals surface area contributed by atoms with Gasteiger partial charge in [0.2, 0.25) is 0 Å². The van der Waals surface area contributed by atoms with Gasteiger partial charge in [-0.15, -0.1) is 0 Å². The van der Waals surface area contributed by atoms with Crippen molar-refractivity contribution in [1.29, 1.82) is 0 Å². The standard InChI is InChI=1S/C34H55ClN4O6/c1-7-9-11-13-14-15-16-17-18-19-23-44-28-22-21-26(35)25-27(28)36-31(41)29(30(40)34(3,4)5)38-32(42)37(6)39(33(38)43)45-24-20-12-10-8-2/h21-22,25,29H,7-20,23-24H2,1-6H3,(H,36,41). The molecule has 254 valence electrons. The highest BCUT2D eigenvalue weighted by atomic mass is 35.5. The van der Waals surface area contributed by atoms with E-state index in [0.717, 1.165) is 48.1 Å². The highest BCUT2D eigenvalue weighted by Crippen LogP contribution is 2.30. The normalized spacial score (nSPS) is 12.2. The Morgan fingerprint density at radius 3 is 1.93 bits per heavy atom. The Bertz CT molecular complexity index is 1320. The summed E-state index contributed by atoms with van der Waals surface area (Å²) >= 11 is 6.26. The molecule has 2 rings (SSSR count). The van der Waals surface area contributed by atoms with Crippen molar-refractivity contribution in [1.82, 2.24) is 14.1 Å². The van der Waals surface area contributed by atoms with Gasteiger partial charge in [0.1, 0.15) is 12.4 Å². The number of hydrogen-bond donors (Lipinski definition) is 1. The van der Waals surface area contributed by atoms with E-state index in [4.69, 9.17) is 21.2 Å². The SMILES string of the molecule is CCCCCCCCCCCCOc1ccc(Cl)cc1NC(=O)C(C(=O)C(C)(C)C)n1c(=O)n(C)n(OCCCCCC)c1=O. The number of nitrogens with zero attached hydrogens (tertiary/aromatic N) is 3. The molecule has 0 saturated heterocycles. The molecule has 45 heavy (non-hydrogen) atoms. The van der Waals surface area contributed by atoms with Crippen LogP contribution in [-0.2, 0) is 16.6 Å². The zero-order chi connectivity index (χ0) is 33.4. The minimum atomic E-state index is -1.74. The van der Waals surface area contributed by atoms with Crippen LogP contribution in [0.2, 0.25) is 5.02 Å². The number of anilines is 1. The van der Waals surface area contributed by atoms with Crippen molar-refractivity contribution in [3.63, 3.8) is 0 Å². The van der Waals surface area contributed by atoms with Crippen molar-refractivity contribution in [3.8, 4) is 5.75 Å². The Balaban J connectivity index is 2.16. The van der Waals surface area contributed by atoms with Gasteiger partial charge in [-0.2, -0.15) is 0 Å². The average molecular weight is 651 g/mol. The van der Waals surface area contributed by atoms with Gasteiger partial charge < -0.3 is 14.9 Å². The van der Waals surface area contributed by atoms with Crippen LogP contribution < -0.4 is 26.3 Å². The fourth-order valence-electron chi connectivity index (χ4n) is 5.04. The molecule has 11 heteroatoms. The molecule has 0 aliphatic rings. The molecular weight excluding hydrogens is 596 g/mol. The maximum absolute atomic E-state index is 13.8. The van der Waals surface area contributed by atoms with Crippen molar-refractivity contribution in [3.05, 3.63) is 44.2 Å². The number of hydrogen-bond acceptors (Lipinski definition) is 6. The molecule has 1 N–H and O–H groups in total. The van der Waals surface area contributed by atoms with Gasteiger partial charge in [-0.25, -0.2) is 18.8 Å². The van der Waals surface area contributed by atoms with Crippen molar-refractivity contribution < 1.29 is 19.2 Å². The topological polar surface area (TPSA) is 114 Å². The van der Waals surface area contributed by atoms with Gasteiger partial charge in [-0.05, 0) is 37.5 Å². The summed E-state index contributed by atoms with van der Waals surface area (Å²) in [5, 5.41) is 3.07. The number of Topliss-reactive ketones (excluding diaryl/α,β-unsaturated/α-hetero) is 1. The lowest BCUT2D eigenvalue weighted by molar-refractivity contribution is -0.135. The number of rotatable bonds is 22. The Kier molecular flexibility index (Phi) is 16.5. The van der Waals surface area contributed by atoms with Crippen LogP contribution in [0.25, 0.3) is 0 Å². The quantitative estimate of drug-likeness (QED) is 0.107. The van der Waals surface area contributed by atoms with Gasteiger partial charge in [0.15, 0.2) is 11.8 Å². The molecule has 1 aromatic carbocycles. The summed E-state index contributed by atoms with van der Waals surface area (Å²) in [5.41, 5.74) is -2.53. The molecule has 0 bridgehead atoms. The summed E-state index contributed by atoms with van der Waals surface area (Å²) in [6, 6.07) is 3.09. The summed E-state index contributed by atoms with van der Waals surface area (Å²) in [6.07, 6.45) is 15.7. The van der Waals surface area contributed by atoms with E-state index < -0.39 is 34.5 Å². The first-order valence-electron chi connectivity index (χ1n) is 16.7. The molecule has 1 heterocycles. The van der Waals surface area contributed by atoms with Gasteiger partial charge in [0.25, 0.3) is 5.91 Å². The monoisotopic (exact) mass is 650 g/mol. The predicted molar refractivity (Wildman–Crippen MR) is 180 cm³/mol. The van der Waals surface area contributed by atoms with Crippen LogP contribution in [0.4, 0.5) is 5.69 Å². The lowest BCUT2D eigenvalue weighted by Crippen LogP contribution is -2.46. The minimum absolute atomic E-state index is 0.212. The lowest BCUT2D eigenvalue weighted by atomic mass is 9.86. The maximum atomic E-state index is 13.8. The molecule has 1 unspecified atom stereocenters. The highest BCUT2D eigenvalue weighted by molar-refractivity contribution is 6.31. The van der Waals surface area contributed by atoms with Crippen molar-refractivity contribution >= 4 is 29.0 Å². The molecule has 0 radical (unpaired) electrons. The van der Waals surface area contributed by atoms with E-state index in [1.807, 2.05) is 0 Å². The van der Waals surface area contributed by atoms with Crippen LogP contribution in [-0.4, -0.2) is 39.0 Å². The molecule has 0 saturated carbocycles. The molecule has 0 fully saturated rings. The molecule has 1 atom stereocenters. The zero-order valence-electron chi connectivity index (χ0n) is 28.3. The van der Waals surface area contributed by atoms with Gasteiger partial charge in [0, 0.05) is 17.5 Å². The number of nitrogens with one attached hydrogen (secondary N) is 1. The molecule has 0 aliphatic carbocycles. The largest absolute Gasteiger partial charge is 0.491 e. The van der Waals surface area contributed by atoms with E-state index in [9.17, 15) is 19.2 Å². The van der Waals surface area contributed by atoms with Crippen LogP contribution >= 0.6 is 11.6 Å². The number of carbonyl (C=O) groups excluding carboxylic acids is 2. The number of halogens is 1. The van der Waals surface area contributed by atoms with Crippen LogP contribution in [0.5, 0.6) is 5.75 Å². The smallest absolute Gasteiger partial charge is 0.382 e. The van der Waals surface area contributed by atoms with Crippen molar-refractivity contribution in [2.45, 2.75) is 131 Å². The Morgan fingerprint density at radius 1 is 0.822 bits per heavy atom. The number of carbonyl (C=O) groups is 2. The number of benzene rings is 1. The van der Waals surface area contributed by atoms with Gasteiger partial charge in [0.05, 0.1) is 12.3 Å². The van der Waals surface area contributed by atoms with Crippen LogP contribution in [0, 0.1) is 5.41 Å². The second kappa shape index (κ2) is 19.5. The summed E-state index contributed by atoms with van der Waals surface area (Å²) in [6.45, 7) is 9.87. The van der Waals surface area contributed by atoms with Crippen LogP contribution in [0.3, 0.4) is 0 Å². The molecule has 1 amide bonds. The third-order valence-electron chi connectivity index (χ3n) is 7.79. The second-order valence-electron chi connectivity index (χ2n) is 12.8. The number of unbranched alkanes of at least 4 members (excludes halogenated alkanes) is 12. The number of ketones is 1. The number of aromatic nitrogens is 3. The first-order valence-corrected chi connectivity index (χ1v) is 17.1. The van der Waals surface area contributed by atoms with E-state index in [0.29, 0.717) is 28.4 Å². The van der Waals surface area contributed by atoms with Crippen molar-refractivity contribution in [2.75, 3.05) is 18.5 Å². The second-order valence-corrected chi connectivity index (χ2v) is 13.2. The highest BCUT2D eigenvalue weighted by Gasteiger charge is 2.40. The minimum Gasteiger partial charge on any atom is -0.491 e. The van der Waals surface area contributed by atoms with Gasteiger partial charge in [-0.1, -0.05) is 122 Å². The van der Waals surface area contributed by atoms with E-state index in [2.05, 4.69) is 19.2 Å². The van der Waals surface area contributed by atoms with E-state index >= 15 is 0 Å². The van der Waals surface area contributed by atoms with Gasteiger partial charge in [-0.3, -0.25) is 9.59 Å². The third kappa shape index (κ3) is 12.0. The van der Waals surface area contributed by atoms with Crippen molar-refractivity contribution in [2.24, 2.45) is 12.5 Å². The average Bonchev–Trinajstić information content (AvgIpc) is 3.19. The number of ether oxygens (including phenoxy) is 1. The predicted octanol–water partition coefficient (Wildman–Crippen LogP) is 7.11. The molecule has 0 aliphatic heterocycles. The lowest BCUT2D eigenvalue weighted by Gasteiger charge is -2.24. The summed E-state index contributed by atoms with van der Waals surface area (Å²) in [5.74, 6) is -1.06. The van der Waals surface area contributed by atoms with Crippen LogP contribution in [0.15, 0.2) is 27.8 Å². The molecule has 1 aromatic heterocycles. The molecular formula is C34H55ClN4O6. The fraction of sp³-hybridized carbons (Fsp3) is 0.706. The Labute approximate surface area is 273 Å². The fourth-order valence-corrected chi connectivity index (χ4v) is 5.21. The van der Waals surface area contributed by atoms with E-state index in [-0.39, 0.29) is 12.3 Å². The Hall–Kier alpha value is -3.01. The third-order valence-corrected chi connectivity index (χ3v) is 8.02. The zero-order valence-corrected chi connectivity index (χ0v) is 29.0.